The van der Waals surface area contributed by atoms with Gasteiger partial charge in [-0.05, 0) is 48.6 Å². The fourth-order valence-electron chi connectivity index (χ4n) is 3.60. The van der Waals surface area contributed by atoms with Gasteiger partial charge in [-0.3, -0.25) is 4.79 Å². The molecule has 0 fully saturated rings. The van der Waals surface area contributed by atoms with Gasteiger partial charge in [0.05, 0.1) is 4.53 Å². The molecule has 0 bridgehead atoms. The van der Waals surface area contributed by atoms with Crippen LogP contribution < -0.4 is 15.0 Å². The van der Waals surface area contributed by atoms with E-state index in [9.17, 15) is 4.79 Å². The molecule has 4 aromatic rings. The minimum atomic E-state index is -0.127. The number of aromatic nitrogens is 3. The second-order valence-corrected chi connectivity index (χ2v) is 9.65. The first kappa shape index (κ1) is 21.2. The van der Waals surface area contributed by atoms with Crippen LogP contribution in [0.4, 0.5) is 5.69 Å². The van der Waals surface area contributed by atoms with Gasteiger partial charge < -0.3 is 4.90 Å². The van der Waals surface area contributed by atoms with Gasteiger partial charge in [0.2, 0.25) is 4.96 Å². The molecule has 0 saturated heterocycles. The Labute approximate surface area is 186 Å². The summed E-state index contributed by atoms with van der Waals surface area (Å²) < 4.78 is 2.05. The zero-order chi connectivity index (χ0) is 22.2. The molecule has 0 saturated carbocycles. The highest BCUT2D eigenvalue weighted by Gasteiger charge is 2.15. The summed E-state index contributed by atoms with van der Waals surface area (Å²) in [5, 5.41) is 4.47. The summed E-state index contributed by atoms with van der Waals surface area (Å²) in [6, 6.07) is 16.5. The van der Waals surface area contributed by atoms with E-state index in [1.54, 1.807) is 0 Å². The highest BCUT2D eigenvalue weighted by atomic mass is 32.1. The summed E-state index contributed by atoms with van der Waals surface area (Å²) in [5.74, 6) is 0.582. The third kappa shape index (κ3) is 4.26. The molecule has 0 amide bonds. The Morgan fingerprint density at radius 2 is 1.65 bits per heavy atom. The van der Waals surface area contributed by atoms with Crippen molar-refractivity contribution < 1.29 is 0 Å². The number of rotatable bonds is 5. The van der Waals surface area contributed by atoms with Gasteiger partial charge in [0, 0.05) is 24.3 Å². The summed E-state index contributed by atoms with van der Waals surface area (Å²) in [4.78, 5) is 20.4. The van der Waals surface area contributed by atoms with Gasteiger partial charge in [0.15, 0.2) is 5.82 Å². The average molecular weight is 433 g/mol. The third-order valence-corrected chi connectivity index (χ3v) is 6.47. The largest absolute Gasteiger partial charge is 0.372 e. The van der Waals surface area contributed by atoms with Crippen molar-refractivity contribution in [3.05, 3.63) is 74.5 Å². The van der Waals surface area contributed by atoms with Crippen molar-refractivity contribution in [2.24, 2.45) is 0 Å². The van der Waals surface area contributed by atoms with Crippen LogP contribution in [0.5, 0.6) is 0 Å². The number of anilines is 1. The lowest BCUT2D eigenvalue weighted by Crippen LogP contribution is -2.23. The van der Waals surface area contributed by atoms with E-state index in [2.05, 4.69) is 73.9 Å². The summed E-state index contributed by atoms with van der Waals surface area (Å²) in [6.45, 7) is 12.8. The van der Waals surface area contributed by atoms with E-state index in [0.29, 0.717) is 15.3 Å². The monoisotopic (exact) mass is 432 g/mol. The van der Waals surface area contributed by atoms with Crippen molar-refractivity contribution in [3.63, 3.8) is 0 Å². The average Bonchev–Trinajstić information content (AvgIpc) is 3.29. The molecule has 2 heterocycles. The predicted octanol–water partition coefficient (Wildman–Crippen LogP) is 4.51. The van der Waals surface area contributed by atoms with Crippen LogP contribution in [0, 0.1) is 0 Å². The van der Waals surface area contributed by atoms with Gasteiger partial charge in [0.25, 0.3) is 5.56 Å². The first-order valence-corrected chi connectivity index (χ1v) is 11.5. The highest BCUT2D eigenvalue weighted by Crippen LogP contribution is 2.25. The summed E-state index contributed by atoms with van der Waals surface area (Å²) in [7, 11) is 0. The van der Waals surface area contributed by atoms with Crippen molar-refractivity contribution in [2.45, 2.75) is 40.0 Å². The van der Waals surface area contributed by atoms with E-state index in [1.165, 1.54) is 27.1 Å². The minimum Gasteiger partial charge on any atom is -0.372 e. The standard InChI is InChI=1S/C25H28N4OS/c1-6-28(7-2)20-14-8-17(9-15-20)16-21-23(30)29-24(31-21)26-22(27-29)18-10-12-19(13-11-18)25(3,4)5/h8-16H,6-7H2,1-5H3/b21-16-. The smallest absolute Gasteiger partial charge is 0.291 e. The Morgan fingerprint density at radius 3 is 2.19 bits per heavy atom. The van der Waals surface area contributed by atoms with Crippen LogP contribution in [-0.2, 0) is 5.41 Å². The molecule has 4 rings (SSSR count). The molecule has 31 heavy (non-hydrogen) atoms. The van der Waals surface area contributed by atoms with E-state index < -0.39 is 0 Å². The molecule has 2 aromatic carbocycles. The fourth-order valence-corrected chi connectivity index (χ4v) is 4.50. The molecule has 0 aliphatic carbocycles. The van der Waals surface area contributed by atoms with Gasteiger partial charge in [-0.2, -0.15) is 9.50 Å². The fraction of sp³-hybridized carbons (Fsp3) is 0.320. The maximum absolute atomic E-state index is 12.9. The van der Waals surface area contributed by atoms with Crippen LogP contribution >= 0.6 is 11.3 Å². The lowest BCUT2D eigenvalue weighted by molar-refractivity contribution is 0.590. The SMILES string of the molecule is CCN(CC)c1ccc(/C=c2\sc3nc(-c4ccc(C(C)(C)C)cc4)nn3c2=O)cc1. The number of benzene rings is 2. The third-order valence-electron chi connectivity index (χ3n) is 5.51. The molecule has 0 aliphatic rings. The molecule has 0 atom stereocenters. The second-order valence-electron chi connectivity index (χ2n) is 8.64. The Bertz CT molecular complexity index is 1290. The van der Waals surface area contributed by atoms with Gasteiger partial charge in [-0.15, -0.1) is 5.10 Å². The molecular formula is C25H28N4OS. The number of fused-ring (bicyclic) bond motifs is 1. The van der Waals surface area contributed by atoms with Crippen LogP contribution in [0.3, 0.4) is 0 Å². The first-order valence-electron chi connectivity index (χ1n) is 10.7. The van der Waals surface area contributed by atoms with E-state index in [4.69, 9.17) is 0 Å². The van der Waals surface area contributed by atoms with E-state index in [1.807, 2.05) is 30.3 Å². The Morgan fingerprint density at radius 1 is 1.00 bits per heavy atom. The summed E-state index contributed by atoms with van der Waals surface area (Å²) >= 11 is 1.37. The molecular weight excluding hydrogens is 404 g/mol. The zero-order valence-electron chi connectivity index (χ0n) is 18.7. The molecule has 0 N–H and O–H groups in total. The number of nitrogens with zero attached hydrogens (tertiary/aromatic N) is 4. The van der Waals surface area contributed by atoms with Crippen LogP contribution in [0.15, 0.2) is 53.3 Å². The molecule has 0 spiro atoms. The molecule has 0 radical (unpaired) electrons. The van der Waals surface area contributed by atoms with Crippen LogP contribution in [0.1, 0.15) is 45.7 Å². The quantitative estimate of drug-likeness (QED) is 0.466. The Hall–Kier alpha value is -2.99. The first-order chi connectivity index (χ1) is 14.8. The van der Waals surface area contributed by atoms with Crippen molar-refractivity contribution in [2.75, 3.05) is 18.0 Å². The molecule has 0 unspecified atom stereocenters. The number of hydrogen-bond acceptors (Lipinski definition) is 5. The lowest BCUT2D eigenvalue weighted by Gasteiger charge is -2.20. The summed E-state index contributed by atoms with van der Waals surface area (Å²) in [5.41, 5.74) is 4.32. The molecule has 0 aliphatic heterocycles. The molecule has 2 aromatic heterocycles. The van der Waals surface area contributed by atoms with Crippen molar-refractivity contribution in [1.29, 1.82) is 0 Å². The predicted molar refractivity (Wildman–Crippen MR) is 130 cm³/mol. The van der Waals surface area contributed by atoms with Gasteiger partial charge in [-0.25, -0.2) is 0 Å². The minimum absolute atomic E-state index is 0.0942. The second kappa shape index (κ2) is 8.27. The molecule has 160 valence electrons. The van der Waals surface area contributed by atoms with Crippen molar-refractivity contribution in [3.8, 4) is 11.4 Å². The highest BCUT2D eigenvalue weighted by molar-refractivity contribution is 7.15. The number of hydrogen-bond donors (Lipinski definition) is 0. The molecule has 6 heteroatoms. The topological polar surface area (TPSA) is 50.5 Å². The van der Waals surface area contributed by atoms with Crippen molar-refractivity contribution in [1.82, 2.24) is 14.6 Å². The van der Waals surface area contributed by atoms with Gasteiger partial charge >= 0.3 is 0 Å². The van der Waals surface area contributed by atoms with E-state index >= 15 is 0 Å². The zero-order valence-corrected chi connectivity index (χ0v) is 19.5. The van der Waals surface area contributed by atoms with E-state index in [0.717, 1.165) is 24.2 Å². The van der Waals surface area contributed by atoms with Gasteiger partial charge in [0.1, 0.15) is 0 Å². The van der Waals surface area contributed by atoms with Crippen LogP contribution in [0.25, 0.3) is 22.4 Å². The summed E-state index contributed by atoms with van der Waals surface area (Å²) in [6.07, 6.45) is 1.91. The van der Waals surface area contributed by atoms with Gasteiger partial charge in [-0.1, -0.05) is 68.5 Å². The Kier molecular flexibility index (Phi) is 5.67. The van der Waals surface area contributed by atoms with E-state index in [-0.39, 0.29) is 11.0 Å². The number of thiazole rings is 1. The Balaban J connectivity index is 1.64. The van der Waals surface area contributed by atoms with Crippen LogP contribution in [0.2, 0.25) is 0 Å². The lowest BCUT2D eigenvalue weighted by atomic mass is 9.87. The normalized spacial score (nSPS) is 12.6. The maximum Gasteiger partial charge on any atom is 0.291 e. The maximum atomic E-state index is 12.9. The van der Waals surface area contributed by atoms with Crippen LogP contribution in [-0.4, -0.2) is 27.7 Å². The van der Waals surface area contributed by atoms with Crippen molar-refractivity contribution >= 4 is 28.1 Å². The molecule has 5 nitrogen and oxygen atoms in total.